The van der Waals surface area contributed by atoms with E-state index in [1.165, 1.54) is 24.0 Å². The second-order valence-corrected chi connectivity index (χ2v) is 8.81. The molecule has 0 aromatic heterocycles. The fourth-order valence-corrected chi connectivity index (χ4v) is 5.34. The van der Waals surface area contributed by atoms with Crippen molar-refractivity contribution in [2.75, 3.05) is 29.9 Å². The zero-order chi connectivity index (χ0) is 16.3. The number of benzene rings is 1. The number of hydrogen-bond acceptors (Lipinski definition) is 4. The molecule has 1 aromatic rings. The molecule has 1 saturated heterocycles. The lowest BCUT2D eigenvalue weighted by Gasteiger charge is -2.20. The van der Waals surface area contributed by atoms with Crippen LogP contribution < -0.4 is 10.6 Å². The first-order valence-corrected chi connectivity index (χ1v) is 10.2. The van der Waals surface area contributed by atoms with Crippen LogP contribution in [0.2, 0.25) is 0 Å². The fourth-order valence-electron chi connectivity index (χ4n) is 3.48. The Morgan fingerprint density at radius 1 is 1.22 bits per heavy atom. The van der Waals surface area contributed by atoms with E-state index in [0.29, 0.717) is 13.0 Å². The van der Waals surface area contributed by atoms with Crippen LogP contribution in [0.25, 0.3) is 0 Å². The van der Waals surface area contributed by atoms with Crippen LogP contribution in [0.3, 0.4) is 0 Å². The molecular formula is C17H24N2O3S. The molecule has 0 unspecified atom stereocenters. The number of amides is 1. The van der Waals surface area contributed by atoms with Gasteiger partial charge in [0.1, 0.15) is 0 Å². The van der Waals surface area contributed by atoms with E-state index >= 15 is 0 Å². The van der Waals surface area contributed by atoms with Crippen molar-refractivity contribution in [2.45, 2.75) is 32.1 Å². The van der Waals surface area contributed by atoms with Crippen LogP contribution in [-0.2, 0) is 27.5 Å². The van der Waals surface area contributed by atoms with Gasteiger partial charge in [-0.05, 0) is 55.2 Å². The van der Waals surface area contributed by atoms with Gasteiger partial charge in [0.2, 0.25) is 5.91 Å². The largest absolute Gasteiger partial charge is 0.376 e. The fraction of sp³-hybridized carbons (Fsp3) is 0.588. The van der Waals surface area contributed by atoms with Crippen molar-refractivity contribution < 1.29 is 13.2 Å². The highest BCUT2D eigenvalue weighted by molar-refractivity contribution is 7.91. The molecule has 0 saturated carbocycles. The number of fused-ring (bicyclic) bond motifs is 1. The summed E-state index contributed by atoms with van der Waals surface area (Å²) in [7, 11) is -2.88. The normalized spacial score (nSPS) is 22.3. The number of anilines is 1. The molecule has 1 aliphatic heterocycles. The minimum atomic E-state index is -2.88. The molecule has 1 amide bonds. The molecule has 1 atom stereocenters. The first-order chi connectivity index (χ1) is 11.0. The van der Waals surface area contributed by atoms with Gasteiger partial charge in [-0.2, -0.15) is 0 Å². The van der Waals surface area contributed by atoms with Crippen LogP contribution in [0.15, 0.2) is 18.2 Å². The Kier molecular flexibility index (Phi) is 4.90. The Labute approximate surface area is 137 Å². The Morgan fingerprint density at radius 2 is 2.04 bits per heavy atom. The van der Waals surface area contributed by atoms with E-state index in [4.69, 9.17) is 0 Å². The number of hydrogen-bond donors (Lipinski definition) is 2. The maximum absolute atomic E-state index is 12.0. The number of rotatable bonds is 5. The summed E-state index contributed by atoms with van der Waals surface area (Å²) in [5.74, 6) is 0.436. The molecule has 1 aliphatic carbocycles. The van der Waals surface area contributed by atoms with Crippen LogP contribution >= 0.6 is 0 Å². The van der Waals surface area contributed by atoms with Gasteiger partial charge in [-0.25, -0.2) is 8.42 Å². The van der Waals surface area contributed by atoms with Crippen molar-refractivity contribution in [3.05, 3.63) is 29.3 Å². The second kappa shape index (κ2) is 6.91. The summed E-state index contributed by atoms with van der Waals surface area (Å²) in [6, 6.07) is 6.23. The van der Waals surface area contributed by atoms with Crippen molar-refractivity contribution in [1.29, 1.82) is 0 Å². The first-order valence-electron chi connectivity index (χ1n) is 8.35. The van der Waals surface area contributed by atoms with E-state index in [2.05, 4.69) is 16.7 Å². The van der Waals surface area contributed by atoms with E-state index < -0.39 is 9.84 Å². The topological polar surface area (TPSA) is 75.3 Å². The molecule has 1 fully saturated rings. The predicted octanol–water partition coefficient (Wildman–Crippen LogP) is 1.53. The molecule has 6 heteroatoms. The summed E-state index contributed by atoms with van der Waals surface area (Å²) in [6.07, 6.45) is 5.28. The van der Waals surface area contributed by atoms with Gasteiger partial charge in [0.15, 0.2) is 9.84 Å². The molecule has 23 heavy (non-hydrogen) atoms. The van der Waals surface area contributed by atoms with E-state index in [1.54, 1.807) is 0 Å². The number of aryl methyl sites for hydroxylation is 1. The molecule has 2 aliphatic rings. The van der Waals surface area contributed by atoms with Crippen LogP contribution in [0.1, 0.15) is 30.4 Å². The van der Waals surface area contributed by atoms with Crippen LogP contribution in [0, 0.1) is 5.92 Å². The molecular weight excluding hydrogens is 312 g/mol. The molecule has 0 spiro atoms. The number of carbonyl (C=O) groups excluding carboxylic acids is 1. The maximum atomic E-state index is 12.0. The van der Waals surface area contributed by atoms with Crippen molar-refractivity contribution in [3.8, 4) is 0 Å². The Balaban J connectivity index is 1.48. The maximum Gasteiger partial charge on any atom is 0.239 e. The molecule has 1 aromatic carbocycles. The van der Waals surface area contributed by atoms with Gasteiger partial charge in [0.05, 0.1) is 18.1 Å². The van der Waals surface area contributed by atoms with Crippen molar-refractivity contribution >= 4 is 21.4 Å². The summed E-state index contributed by atoms with van der Waals surface area (Å²) in [5.41, 5.74) is 3.78. The van der Waals surface area contributed by atoms with Crippen molar-refractivity contribution in [1.82, 2.24) is 5.32 Å². The molecule has 5 nitrogen and oxygen atoms in total. The molecule has 3 rings (SSSR count). The van der Waals surface area contributed by atoms with Gasteiger partial charge in [-0.1, -0.05) is 12.1 Å². The van der Waals surface area contributed by atoms with Gasteiger partial charge in [0.25, 0.3) is 0 Å². The number of carbonyl (C=O) groups is 1. The lowest BCUT2D eigenvalue weighted by molar-refractivity contribution is -0.119. The average Bonchev–Trinajstić information content (AvgIpc) is 2.90. The average molecular weight is 336 g/mol. The number of nitrogens with one attached hydrogen (secondary N) is 2. The van der Waals surface area contributed by atoms with Crippen molar-refractivity contribution in [2.24, 2.45) is 5.92 Å². The highest BCUT2D eigenvalue weighted by atomic mass is 32.2. The van der Waals surface area contributed by atoms with E-state index in [0.717, 1.165) is 18.5 Å². The van der Waals surface area contributed by atoms with Gasteiger partial charge in [-0.3, -0.25) is 4.79 Å². The Bertz CT molecular complexity index is 685. The third-order valence-electron chi connectivity index (χ3n) is 4.75. The Hall–Kier alpha value is -1.56. The standard InChI is InChI=1S/C17H24N2O3S/c20-17(19-10-13-8-9-23(21,22)12-13)11-18-16-7-3-5-14-4-1-2-6-15(14)16/h3,5,7,13,18H,1-2,4,6,8-12H2,(H,19,20)/t13-/m1/s1. The van der Waals surface area contributed by atoms with Crippen LogP contribution in [-0.4, -0.2) is 38.9 Å². The molecule has 0 bridgehead atoms. The SMILES string of the molecule is O=C(CNc1cccc2c1CCCC2)NC[C@H]1CCS(=O)(=O)C1. The van der Waals surface area contributed by atoms with Gasteiger partial charge in [0, 0.05) is 12.2 Å². The minimum Gasteiger partial charge on any atom is -0.376 e. The molecule has 2 N–H and O–H groups in total. The van der Waals surface area contributed by atoms with E-state index in [-0.39, 0.29) is 29.9 Å². The zero-order valence-electron chi connectivity index (χ0n) is 13.3. The Morgan fingerprint density at radius 3 is 2.83 bits per heavy atom. The lowest BCUT2D eigenvalue weighted by atomic mass is 9.90. The lowest BCUT2D eigenvalue weighted by Crippen LogP contribution is -2.34. The third kappa shape index (κ3) is 4.25. The van der Waals surface area contributed by atoms with Crippen LogP contribution in [0.5, 0.6) is 0 Å². The van der Waals surface area contributed by atoms with Gasteiger partial charge in [-0.15, -0.1) is 0 Å². The summed E-state index contributed by atoms with van der Waals surface area (Å²) < 4.78 is 22.8. The minimum absolute atomic E-state index is 0.0634. The summed E-state index contributed by atoms with van der Waals surface area (Å²) >= 11 is 0. The van der Waals surface area contributed by atoms with Gasteiger partial charge < -0.3 is 10.6 Å². The smallest absolute Gasteiger partial charge is 0.239 e. The predicted molar refractivity (Wildman–Crippen MR) is 91.3 cm³/mol. The highest BCUT2D eigenvalue weighted by Gasteiger charge is 2.27. The van der Waals surface area contributed by atoms with E-state index in [9.17, 15) is 13.2 Å². The molecule has 1 heterocycles. The van der Waals surface area contributed by atoms with E-state index in [1.807, 2.05) is 12.1 Å². The highest BCUT2D eigenvalue weighted by Crippen LogP contribution is 2.27. The molecule has 126 valence electrons. The first kappa shape index (κ1) is 16.3. The van der Waals surface area contributed by atoms with Gasteiger partial charge >= 0.3 is 0 Å². The summed E-state index contributed by atoms with van der Waals surface area (Å²) in [5, 5.41) is 6.08. The number of sulfone groups is 1. The zero-order valence-corrected chi connectivity index (χ0v) is 14.1. The summed E-state index contributed by atoms with van der Waals surface area (Å²) in [4.78, 5) is 12.0. The van der Waals surface area contributed by atoms with Crippen LogP contribution in [0.4, 0.5) is 5.69 Å². The van der Waals surface area contributed by atoms with Crippen molar-refractivity contribution in [3.63, 3.8) is 0 Å². The third-order valence-corrected chi connectivity index (χ3v) is 6.59. The summed E-state index contributed by atoms with van der Waals surface area (Å²) in [6.45, 7) is 0.683. The monoisotopic (exact) mass is 336 g/mol. The quantitative estimate of drug-likeness (QED) is 0.855. The second-order valence-electron chi connectivity index (χ2n) is 6.58. The molecule has 0 radical (unpaired) electrons.